The van der Waals surface area contributed by atoms with Crippen LogP contribution in [0, 0.1) is 4.91 Å². The van der Waals surface area contributed by atoms with E-state index >= 15 is 0 Å². The second kappa shape index (κ2) is 8.77. The number of hydrogen-bond acceptors (Lipinski definition) is 7. The Balaban J connectivity index is 1.79. The fourth-order valence-electron chi connectivity index (χ4n) is 3.16. The van der Waals surface area contributed by atoms with Crippen molar-refractivity contribution < 1.29 is 24.1 Å². The normalized spacial score (nSPS) is 18.5. The highest BCUT2D eigenvalue weighted by atomic mass is 16.8. The summed E-state index contributed by atoms with van der Waals surface area (Å²) in [5, 5.41) is 2.60. The van der Waals surface area contributed by atoms with Gasteiger partial charge < -0.3 is 9.64 Å². The molecule has 2 unspecified atom stereocenters. The Morgan fingerprint density at radius 1 is 1.19 bits per heavy atom. The maximum Gasteiger partial charge on any atom is 0.413 e. The van der Waals surface area contributed by atoms with Crippen molar-refractivity contribution in [2.75, 3.05) is 24.4 Å². The first kappa shape index (κ1) is 22.9. The van der Waals surface area contributed by atoms with Crippen LogP contribution >= 0.6 is 0 Å². The van der Waals surface area contributed by atoms with E-state index in [9.17, 15) is 14.5 Å². The van der Waals surface area contributed by atoms with Gasteiger partial charge in [-0.05, 0) is 19.1 Å². The number of likely N-dealkylation sites (N-methyl/N-ethyl adjacent to an activating group) is 1. The number of urea groups is 1. The Hall–Kier alpha value is -3.76. The number of nitrogens with one attached hydrogen (secondary N) is 1. The molecule has 1 N–H and O–H groups in total. The van der Waals surface area contributed by atoms with Crippen LogP contribution in [0.25, 0.3) is 0 Å². The molecule has 1 aromatic heterocycles. The van der Waals surface area contributed by atoms with Gasteiger partial charge in [-0.25, -0.2) is 29.3 Å². The van der Waals surface area contributed by atoms with E-state index in [1.54, 1.807) is 20.0 Å². The first-order valence-corrected chi connectivity index (χ1v) is 10.0. The van der Waals surface area contributed by atoms with Crippen LogP contribution in [0.15, 0.2) is 36.7 Å². The van der Waals surface area contributed by atoms with Crippen molar-refractivity contribution in [1.29, 1.82) is 0 Å². The van der Waals surface area contributed by atoms with Gasteiger partial charge in [0.05, 0.1) is 16.6 Å². The second-order valence-electron chi connectivity index (χ2n) is 8.42. The summed E-state index contributed by atoms with van der Waals surface area (Å²) in [6, 6.07) is 7.02. The minimum Gasteiger partial charge on any atom is -0.422 e. The minimum atomic E-state index is -0.903. The van der Waals surface area contributed by atoms with Gasteiger partial charge in [-0.3, -0.25) is 5.32 Å². The van der Waals surface area contributed by atoms with Gasteiger partial charge in [-0.2, -0.15) is 0 Å². The number of aromatic nitrogens is 2. The lowest BCUT2D eigenvalue weighted by molar-refractivity contribution is -0.736. The fourth-order valence-corrected chi connectivity index (χ4v) is 3.16. The first-order chi connectivity index (χ1) is 15.0. The largest absolute Gasteiger partial charge is 0.422 e. The third-order valence-corrected chi connectivity index (χ3v) is 5.17. The average molecular weight is 443 g/mol. The van der Waals surface area contributed by atoms with Crippen molar-refractivity contribution in [1.82, 2.24) is 14.9 Å². The molecule has 32 heavy (non-hydrogen) atoms. The molecule has 2 atom stereocenters. The number of nitrogens with zero attached hydrogens (tertiary/aromatic N) is 5. The van der Waals surface area contributed by atoms with Crippen LogP contribution in [-0.2, 0) is 15.0 Å². The molecule has 1 fully saturated rings. The summed E-state index contributed by atoms with van der Waals surface area (Å²) in [5.41, 5.74) is 1.19. The standard InChI is InChI=1S/C21H26N6O5/c1-13-18(32-19(28)24-14-7-9-15(10-8-14)27(30)31-6)26(20(29)25(13)5)17-11-16(21(2,3)4)22-12-23-17/h7-13,18H,1-6H3/p+1. The van der Waals surface area contributed by atoms with E-state index in [2.05, 4.69) is 20.1 Å². The second-order valence-corrected chi connectivity index (χ2v) is 8.42. The van der Waals surface area contributed by atoms with E-state index in [-0.39, 0.29) is 17.1 Å². The number of ether oxygens (including phenoxy) is 1. The number of benzene rings is 1. The van der Waals surface area contributed by atoms with Gasteiger partial charge in [-0.1, -0.05) is 20.8 Å². The third-order valence-electron chi connectivity index (χ3n) is 5.17. The van der Waals surface area contributed by atoms with E-state index in [1.165, 1.54) is 47.5 Å². The van der Waals surface area contributed by atoms with E-state index in [1.807, 2.05) is 20.8 Å². The highest BCUT2D eigenvalue weighted by molar-refractivity contribution is 5.95. The van der Waals surface area contributed by atoms with Crippen LogP contribution in [0.5, 0.6) is 0 Å². The maximum atomic E-state index is 12.9. The Labute approximate surface area is 185 Å². The number of carbonyl (C=O) groups excluding carboxylic acids is 2. The molecule has 11 heteroatoms. The Morgan fingerprint density at radius 3 is 2.44 bits per heavy atom. The average Bonchev–Trinajstić information content (AvgIpc) is 2.96. The molecule has 11 nitrogen and oxygen atoms in total. The van der Waals surface area contributed by atoms with Crippen LogP contribution in [0.2, 0.25) is 0 Å². The molecule has 170 valence electrons. The summed E-state index contributed by atoms with van der Waals surface area (Å²) < 4.78 is 5.62. The predicted octanol–water partition coefficient (Wildman–Crippen LogP) is 3.58. The molecule has 1 saturated heterocycles. The van der Waals surface area contributed by atoms with Crippen molar-refractivity contribution in [3.8, 4) is 0 Å². The van der Waals surface area contributed by atoms with Crippen LogP contribution in [0.1, 0.15) is 33.4 Å². The van der Waals surface area contributed by atoms with Crippen molar-refractivity contribution in [3.05, 3.63) is 47.3 Å². The number of rotatable bonds is 5. The summed E-state index contributed by atoms with van der Waals surface area (Å²) in [5.74, 6) is 0.350. The number of amides is 3. The third kappa shape index (κ3) is 4.61. The van der Waals surface area contributed by atoms with Crippen LogP contribution in [0.4, 0.5) is 26.8 Å². The van der Waals surface area contributed by atoms with Crippen molar-refractivity contribution in [2.45, 2.75) is 45.4 Å². The molecule has 3 amide bonds. The molecular formula is C21H27N6O5+. The van der Waals surface area contributed by atoms with Crippen molar-refractivity contribution in [3.63, 3.8) is 0 Å². The van der Waals surface area contributed by atoms with Gasteiger partial charge >= 0.3 is 17.8 Å². The van der Waals surface area contributed by atoms with E-state index < -0.39 is 18.4 Å². The van der Waals surface area contributed by atoms with Crippen LogP contribution in [0.3, 0.4) is 0 Å². The lowest BCUT2D eigenvalue weighted by Crippen LogP contribution is -2.41. The van der Waals surface area contributed by atoms with E-state index in [0.717, 1.165) is 5.69 Å². The van der Waals surface area contributed by atoms with Gasteiger partial charge in [0, 0.05) is 36.3 Å². The fraction of sp³-hybridized carbons (Fsp3) is 0.429. The summed E-state index contributed by atoms with van der Waals surface area (Å²) in [4.78, 5) is 53.2. The molecule has 0 spiro atoms. The van der Waals surface area contributed by atoms with Crippen molar-refractivity contribution in [2.24, 2.45) is 0 Å². The predicted molar refractivity (Wildman–Crippen MR) is 116 cm³/mol. The number of hydrogen-bond donors (Lipinski definition) is 1. The SMILES string of the molecule is CO[N+](=O)c1ccc(NC(=O)OC2C(C)N(C)C(=O)N2c2cc(C(C)(C)C)ncn2)cc1. The van der Waals surface area contributed by atoms with Crippen LogP contribution < -0.4 is 10.2 Å². The zero-order chi connectivity index (χ0) is 23.6. The molecule has 1 aliphatic rings. The Kier molecular flexibility index (Phi) is 6.28. The Bertz CT molecular complexity index is 1020. The quantitative estimate of drug-likeness (QED) is 0.702. The first-order valence-electron chi connectivity index (χ1n) is 10.0. The topological polar surface area (TPSA) is 117 Å². The highest BCUT2D eigenvalue weighted by Gasteiger charge is 2.45. The molecule has 1 aromatic carbocycles. The Morgan fingerprint density at radius 2 is 1.84 bits per heavy atom. The maximum absolute atomic E-state index is 12.9. The lowest BCUT2D eigenvalue weighted by Gasteiger charge is -2.25. The summed E-state index contributed by atoms with van der Waals surface area (Å²) in [7, 11) is 2.89. The number of anilines is 2. The molecule has 3 rings (SSSR count). The monoisotopic (exact) mass is 443 g/mol. The van der Waals surface area contributed by atoms with E-state index in [0.29, 0.717) is 16.4 Å². The highest BCUT2D eigenvalue weighted by Crippen LogP contribution is 2.30. The zero-order valence-corrected chi connectivity index (χ0v) is 18.9. The summed E-state index contributed by atoms with van der Waals surface area (Å²) in [6.45, 7) is 7.80. The van der Waals surface area contributed by atoms with Gasteiger partial charge in [0.2, 0.25) is 6.23 Å². The van der Waals surface area contributed by atoms with Gasteiger partial charge in [0.1, 0.15) is 12.1 Å². The molecule has 0 aliphatic carbocycles. The molecule has 0 saturated carbocycles. The molecular weight excluding hydrogens is 416 g/mol. The van der Waals surface area contributed by atoms with Crippen LogP contribution in [-0.4, -0.2) is 58.3 Å². The number of carbonyl (C=O) groups is 2. The van der Waals surface area contributed by atoms with E-state index in [4.69, 9.17) is 4.74 Å². The molecule has 0 radical (unpaired) electrons. The van der Waals surface area contributed by atoms with Gasteiger partial charge in [0.15, 0.2) is 7.11 Å². The molecule has 1 aliphatic heterocycles. The lowest BCUT2D eigenvalue weighted by atomic mass is 9.92. The minimum absolute atomic E-state index is 0.250. The van der Waals surface area contributed by atoms with Gasteiger partial charge in [-0.15, -0.1) is 0 Å². The van der Waals surface area contributed by atoms with Gasteiger partial charge in [0.25, 0.3) is 4.92 Å². The zero-order valence-electron chi connectivity index (χ0n) is 18.9. The van der Waals surface area contributed by atoms with Crippen molar-refractivity contribution >= 4 is 29.3 Å². The molecule has 2 heterocycles. The molecule has 0 bridgehead atoms. The smallest absolute Gasteiger partial charge is 0.413 e. The summed E-state index contributed by atoms with van der Waals surface area (Å²) in [6.07, 6.45) is -0.261. The molecule has 2 aromatic rings. The summed E-state index contributed by atoms with van der Waals surface area (Å²) >= 11 is 0.